The van der Waals surface area contributed by atoms with E-state index in [1.807, 2.05) is 11.8 Å². The summed E-state index contributed by atoms with van der Waals surface area (Å²) >= 11 is 2.05. The zero-order valence-electron chi connectivity index (χ0n) is 11.3. The van der Waals surface area contributed by atoms with Crippen molar-refractivity contribution in [1.82, 2.24) is 5.32 Å². The van der Waals surface area contributed by atoms with Gasteiger partial charge in [0.05, 0.1) is 0 Å². The molecular formula is C15H23NS. The van der Waals surface area contributed by atoms with E-state index in [-0.39, 0.29) is 0 Å². The van der Waals surface area contributed by atoms with Crippen molar-refractivity contribution in [3.05, 3.63) is 29.8 Å². The zero-order valence-corrected chi connectivity index (χ0v) is 12.1. The molecule has 17 heavy (non-hydrogen) atoms. The molecule has 1 aliphatic rings. The van der Waals surface area contributed by atoms with Crippen molar-refractivity contribution in [3.63, 3.8) is 0 Å². The molecule has 1 aliphatic heterocycles. The van der Waals surface area contributed by atoms with Crippen LogP contribution in [0.3, 0.4) is 0 Å². The van der Waals surface area contributed by atoms with Crippen LogP contribution in [0.2, 0.25) is 0 Å². The smallest absolute Gasteiger partial charge is 0.0294 e. The van der Waals surface area contributed by atoms with Gasteiger partial charge in [-0.15, -0.1) is 11.8 Å². The van der Waals surface area contributed by atoms with Gasteiger partial charge in [0.1, 0.15) is 0 Å². The minimum atomic E-state index is 0.315. The Labute approximate surface area is 109 Å². The monoisotopic (exact) mass is 249 g/mol. The fourth-order valence-corrected chi connectivity index (χ4v) is 4.30. The van der Waals surface area contributed by atoms with Crippen molar-refractivity contribution >= 4 is 11.8 Å². The highest BCUT2D eigenvalue weighted by molar-refractivity contribution is 8.00. The van der Waals surface area contributed by atoms with Gasteiger partial charge in [-0.05, 0) is 30.0 Å². The van der Waals surface area contributed by atoms with Gasteiger partial charge in [-0.1, -0.05) is 45.9 Å². The normalized spacial score (nSPS) is 21.3. The van der Waals surface area contributed by atoms with E-state index in [1.165, 1.54) is 16.9 Å². The molecule has 2 heteroatoms. The molecule has 1 N–H and O–H groups in total. The fraction of sp³-hybridized carbons (Fsp3) is 0.600. The highest BCUT2D eigenvalue weighted by Crippen LogP contribution is 2.41. The second kappa shape index (κ2) is 5.03. The maximum absolute atomic E-state index is 3.68. The lowest BCUT2D eigenvalue weighted by Gasteiger charge is -2.35. The first-order valence-corrected chi connectivity index (χ1v) is 7.38. The molecule has 0 spiro atoms. The third-order valence-corrected chi connectivity index (χ3v) is 4.79. The molecule has 0 fully saturated rings. The van der Waals surface area contributed by atoms with Crippen LogP contribution in [0.5, 0.6) is 0 Å². The second-order valence-corrected chi connectivity index (χ2v) is 7.15. The molecule has 0 saturated carbocycles. The van der Waals surface area contributed by atoms with Gasteiger partial charge in [-0.3, -0.25) is 0 Å². The highest BCUT2D eigenvalue weighted by atomic mass is 32.2. The molecule has 1 aromatic rings. The number of rotatable bonds is 3. The Morgan fingerprint density at radius 1 is 1.35 bits per heavy atom. The van der Waals surface area contributed by atoms with Gasteiger partial charge in [0, 0.05) is 16.2 Å². The minimum absolute atomic E-state index is 0.315. The largest absolute Gasteiger partial charge is 0.313 e. The van der Waals surface area contributed by atoms with Crippen LogP contribution >= 0.6 is 11.8 Å². The van der Waals surface area contributed by atoms with Gasteiger partial charge in [-0.25, -0.2) is 0 Å². The van der Waals surface area contributed by atoms with Crippen LogP contribution in [-0.4, -0.2) is 17.8 Å². The van der Waals surface area contributed by atoms with E-state index in [2.05, 4.69) is 57.3 Å². The van der Waals surface area contributed by atoms with Crippen LogP contribution in [0.25, 0.3) is 0 Å². The molecule has 1 aromatic carbocycles. The van der Waals surface area contributed by atoms with E-state index in [0.717, 1.165) is 6.54 Å². The van der Waals surface area contributed by atoms with Crippen molar-refractivity contribution in [2.24, 2.45) is 5.41 Å². The van der Waals surface area contributed by atoms with Crippen LogP contribution in [0, 0.1) is 5.41 Å². The van der Waals surface area contributed by atoms with Crippen LogP contribution in [0.1, 0.15) is 33.3 Å². The molecule has 1 nitrogen and oxygen atoms in total. The van der Waals surface area contributed by atoms with E-state index in [9.17, 15) is 0 Å². The lowest BCUT2D eigenvalue weighted by Crippen LogP contribution is -2.47. The molecule has 0 saturated heterocycles. The second-order valence-electron chi connectivity index (χ2n) is 5.87. The Balaban J connectivity index is 2.14. The lowest BCUT2D eigenvalue weighted by molar-refractivity contribution is 0.266. The van der Waals surface area contributed by atoms with E-state index in [0.29, 0.717) is 16.7 Å². The molecule has 2 atom stereocenters. The van der Waals surface area contributed by atoms with E-state index >= 15 is 0 Å². The van der Waals surface area contributed by atoms with Crippen molar-refractivity contribution in [3.8, 4) is 0 Å². The van der Waals surface area contributed by atoms with E-state index in [1.54, 1.807) is 0 Å². The summed E-state index contributed by atoms with van der Waals surface area (Å²) in [5, 5.41) is 4.35. The lowest BCUT2D eigenvalue weighted by atomic mass is 9.83. The summed E-state index contributed by atoms with van der Waals surface area (Å²) in [5.41, 5.74) is 1.84. The standard InChI is InChI=1S/C15H23NS/c1-5-16-14(15(2,3)4)13-10-11-8-6-7-9-12(11)17-13/h6-9,13-14,16H,5,10H2,1-4H3. The van der Waals surface area contributed by atoms with Crippen LogP contribution < -0.4 is 5.32 Å². The summed E-state index contributed by atoms with van der Waals surface area (Å²) < 4.78 is 0. The van der Waals surface area contributed by atoms with Gasteiger partial charge in [0.2, 0.25) is 0 Å². The summed E-state index contributed by atoms with van der Waals surface area (Å²) in [6.07, 6.45) is 1.20. The Morgan fingerprint density at radius 2 is 2.06 bits per heavy atom. The zero-order chi connectivity index (χ0) is 12.5. The Bertz CT molecular complexity index is 356. The topological polar surface area (TPSA) is 12.0 Å². The van der Waals surface area contributed by atoms with Gasteiger partial charge >= 0.3 is 0 Å². The maximum atomic E-state index is 3.68. The summed E-state index contributed by atoms with van der Waals surface area (Å²) in [4.78, 5) is 1.48. The summed E-state index contributed by atoms with van der Waals surface area (Å²) in [6, 6.07) is 9.40. The third kappa shape index (κ3) is 2.86. The molecule has 0 radical (unpaired) electrons. The Hall–Kier alpha value is -0.470. The third-order valence-electron chi connectivity index (χ3n) is 3.40. The van der Waals surface area contributed by atoms with Crippen molar-refractivity contribution < 1.29 is 0 Å². The van der Waals surface area contributed by atoms with Crippen molar-refractivity contribution in [1.29, 1.82) is 0 Å². The average molecular weight is 249 g/mol. The van der Waals surface area contributed by atoms with E-state index in [4.69, 9.17) is 0 Å². The fourth-order valence-electron chi connectivity index (χ4n) is 2.61. The Kier molecular flexibility index (Phi) is 3.84. The highest BCUT2D eigenvalue weighted by Gasteiger charge is 2.35. The van der Waals surface area contributed by atoms with Gasteiger partial charge in [0.15, 0.2) is 0 Å². The predicted octanol–water partition coefficient (Wildman–Crippen LogP) is 3.73. The summed E-state index contributed by atoms with van der Waals surface area (Å²) in [5.74, 6) is 0. The first kappa shape index (κ1) is 13.0. The summed E-state index contributed by atoms with van der Waals surface area (Å²) in [7, 11) is 0. The van der Waals surface area contributed by atoms with Crippen molar-refractivity contribution in [2.45, 2.75) is 50.3 Å². The van der Waals surface area contributed by atoms with Gasteiger partial charge < -0.3 is 5.32 Å². The van der Waals surface area contributed by atoms with E-state index < -0.39 is 0 Å². The summed E-state index contributed by atoms with van der Waals surface area (Å²) in [6.45, 7) is 10.3. The molecule has 0 amide bonds. The molecule has 2 rings (SSSR count). The molecule has 94 valence electrons. The van der Waals surface area contributed by atoms with Crippen molar-refractivity contribution in [2.75, 3.05) is 6.54 Å². The molecule has 1 heterocycles. The SMILES string of the molecule is CCNC(C1Cc2ccccc2S1)C(C)(C)C. The maximum Gasteiger partial charge on any atom is 0.0294 e. The molecule has 2 unspecified atom stereocenters. The van der Waals surface area contributed by atoms with Crippen LogP contribution in [0.15, 0.2) is 29.2 Å². The van der Waals surface area contributed by atoms with Gasteiger partial charge in [0.25, 0.3) is 0 Å². The molecule has 0 bridgehead atoms. The first-order chi connectivity index (χ1) is 8.02. The quantitative estimate of drug-likeness (QED) is 0.876. The number of nitrogens with one attached hydrogen (secondary N) is 1. The first-order valence-electron chi connectivity index (χ1n) is 6.50. The molecule has 0 aliphatic carbocycles. The Morgan fingerprint density at radius 3 is 2.65 bits per heavy atom. The van der Waals surface area contributed by atoms with Crippen LogP contribution in [0.4, 0.5) is 0 Å². The minimum Gasteiger partial charge on any atom is -0.313 e. The molecular weight excluding hydrogens is 226 g/mol. The average Bonchev–Trinajstić information content (AvgIpc) is 2.67. The molecule has 0 aromatic heterocycles. The predicted molar refractivity (Wildman–Crippen MR) is 76.7 cm³/mol. The number of hydrogen-bond donors (Lipinski definition) is 1. The number of thioether (sulfide) groups is 1. The van der Waals surface area contributed by atoms with Gasteiger partial charge in [-0.2, -0.15) is 0 Å². The number of hydrogen-bond acceptors (Lipinski definition) is 2. The van der Waals surface area contributed by atoms with Crippen LogP contribution in [-0.2, 0) is 6.42 Å². The number of benzene rings is 1. The number of fused-ring (bicyclic) bond motifs is 1.